The van der Waals surface area contributed by atoms with Crippen LogP contribution in [-0.4, -0.2) is 51.3 Å². The first kappa shape index (κ1) is 22.3. The van der Waals surface area contributed by atoms with Gasteiger partial charge in [-0.2, -0.15) is 0 Å². The van der Waals surface area contributed by atoms with Gasteiger partial charge in [0, 0.05) is 36.3 Å². The summed E-state index contributed by atoms with van der Waals surface area (Å²) in [7, 11) is 5.39. The highest BCUT2D eigenvalue weighted by molar-refractivity contribution is 5.89. The van der Waals surface area contributed by atoms with Crippen molar-refractivity contribution in [2.45, 2.75) is 30.7 Å². The molecule has 3 unspecified atom stereocenters. The van der Waals surface area contributed by atoms with E-state index in [1.165, 1.54) is 5.56 Å². The zero-order valence-electron chi connectivity index (χ0n) is 18.6. The average Bonchev–Trinajstić information content (AvgIpc) is 3.08. The van der Waals surface area contributed by atoms with Crippen molar-refractivity contribution in [3.63, 3.8) is 0 Å². The van der Waals surface area contributed by atoms with Crippen molar-refractivity contribution in [2.24, 2.45) is 5.92 Å². The molecule has 172 valence electrons. The fraction of sp³-hybridized carbons (Fsp3) is 0.458. The molecule has 2 aromatic carbocycles. The first-order chi connectivity index (χ1) is 15.3. The minimum absolute atomic E-state index is 0.0156. The Balaban J connectivity index is 1.47. The van der Waals surface area contributed by atoms with Gasteiger partial charge < -0.3 is 25.0 Å². The van der Waals surface area contributed by atoms with Gasteiger partial charge in [-0.15, -0.1) is 0 Å². The number of hydrogen-bond donors (Lipinski definition) is 2. The molecule has 4 rings (SSSR count). The van der Waals surface area contributed by atoms with Crippen LogP contribution in [0.15, 0.2) is 36.4 Å². The van der Waals surface area contributed by atoms with Crippen LogP contribution in [0.2, 0.25) is 0 Å². The molecule has 1 aliphatic carbocycles. The molecule has 8 heteroatoms. The molecule has 1 aliphatic heterocycles. The third kappa shape index (κ3) is 4.37. The minimum Gasteiger partial charge on any atom is -0.493 e. The predicted octanol–water partition coefficient (Wildman–Crippen LogP) is 4.16. The predicted molar refractivity (Wildman–Crippen MR) is 118 cm³/mol. The summed E-state index contributed by atoms with van der Waals surface area (Å²) in [6.07, 6.45) is 2.55. The van der Waals surface area contributed by atoms with Crippen molar-refractivity contribution in [2.75, 3.05) is 39.7 Å². The second kappa shape index (κ2) is 8.94. The SMILES string of the molecule is COc1ccc(C23CCC(NC(=O)Nc4cc(F)cc(F)c4)CC2CN(C)C3)cc1OC. The molecule has 1 saturated carbocycles. The number of nitrogens with one attached hydrogen (secondary N) is 2. The Hall–Kier alpha value is -2.87. The van der Waals surface area contributed by atoms with E-state index in [1.807, 2.05) is 6.07 Å². The van der Waals surface area contributed by atoms with Gasteiger partial charge in [0.1, 0.15) is 11.6 Å². The highest BCUT2D eigenvalue weighted by Crippen LogP contribution is 2.49. The van der Waals surface area contributed by atoms with E-state index in [4.69, 9.17) is 9.47 Å². The van der Waals surface area contributed by atoms with Crippen LogP contribution in [0.5, 0.6) is 11.5 Å². The molecule has 1 heterocycles. The van der Waals surface area contributed by atoms with E-state index in [-0.39, 0.29) is 17.1 Å². The summed E-state index contributed by atoms with van der Waals surface area (Å²) >= 11 is 0. The number of ether oxygens (including phenoxy) is 2. The number of likely N-dealkylation sites (N-methyl/N-ethyl adjacent to an activating group) is 1. The van der Waals surface area contributed by atoms with Crippen molar-refractivity contribution >= 4 is 11.7 Å². The summed E-state index contributed by atoms with van der Waals surface area (Å²) < 4.78 is 37.7. The number of methoxy groups -OCH3 is 2. The fourth-order valence-corrected chi connectivity index (χ4v) is 5.43. The highest BCUT2D eigenvalue weighted by atomic mass is 19.1. The number of anilines is 1. The van der Waals surface area contributed by atoms with Gasteiger partial charge in [-0.05, 0) is 62.1 Å². The number of likely N-dealkylation sites (tertiary alicyclic amines) is 1. The maximum Gasteiger partial charge on any atom is 0.319 e. The molecule has 0 radical (unpaired) electrons. The largest absolute Gasteiger partial charge is 0.493 e. The van der Waals surface area contributed by atoms with Crippen LogP contribution in [0.1, 0.15) is 24.8 Å². The molecule has 0 bridgehead atoms. The normalized spacial score (nSPS) is 25.2. The standard InChI is InChI=1S/C24H29F2N3O3/c1-29-13-16-8-19(27-23(30)28-20-11-17(25)10-18(26)12-20)6-7-24(16,14-29)15-4-5-21(31-2)22(9-15)32-3/h4-5,9-12,16,19H,6-8,13-14H2,1-3H3,(H2,27,28,30). The van der Waals surface area contributed by atoms with Gasteiger partial charge in [-0.1, -0.05) is 6.07 Å². The number of rotatable bonds is 5. The zero-order chi connectivity index (χ0) is 22.9. The number of halogens is 2. The van der Waals surface area contributed by atoms with E-state index in [1.54, 1.807) is 14.2 Å². The van der Waals surface area contributed by atoms with E-state index in [2.05, 4.69) is 34.7 Å². The Bertz CT molecular complexity index is 982. The second-order valence-electron chi connectivity index (χ2n) is 8.85. The number of amides is 2. The Morgan fingerprint density at radius 1 is 1.09 bits per heavy atom. The molecule has 1 saturated heterocycles. The lowest BCUT2D eigenvalue weighted by Gasteiger charge is -2.42. The van der Waals surface area contributed by atoms with Crippen LogP contribution in [0.4, 0.5) is 19.3 Å². The van der Waals surface area contributed by atoms with Crippen LogP contribution < -0.4 is 20.1 Å². The molecule has 2 fully saturated rings. The Morgan fingerprint density at radius 3 is 2.50 bits per heavy atom. The van der Waals surface area contributed by atoms with Gasteiger partial charge in [0.2, 0.25) is 0 Å². The third-order valence-corrected chi connectivity index (χ3v) is 6.79. The first-order valence-electron chi connectivity index (χ1n) is 10.8. The molecule has 0 spiro atoms. The molecule has 2 aliphatic rings. The molecule has 32 heavy (non-hydrogen) atoms. The molecular weight excluding hydrogens is 416 g/mol. The van der Waals surface area contributed by atoms with E-state index in [0.29, 0.717) is 11.7 Å². The summed E-state index contributed by atoms with van der Waals surface area (Å²) in [4.78, 5) is 14.8. The number of fused-ring (bicyclic) bond motifs is 1. The zero-order valence-corrected chi connectivity index (χ0v) is 18.6. The van der Waals surface area contributed by atoms with Gasteiger partial charge in [0.05, 0.1) is 14.2 Å². The number of benzene rings is 2. The molecule has 2 amide bonds. The van der Waals surface area contributed by atoms with Crippen LogP contribution >= 0.6 is 0 Å². The van der Waals surface area contributed by atoms with Crippen LogP contribution in [0.25, 0.3) is 0 Å². The maximum atomic E-state index is 13.4. The lowest BCUT2D eigenvalue weighted by atomic mass is 9.63. The average molecular weight is 446 g/mol. The number of hydrogen-bond acceptors (Lipinski definition) is 4. The van der Waals surface area contributed by atoms with E-state index < -0.39 is 17.7 Å². The number of carbonyl (C=O) groups is 1. The number of nitrogens with zero attached hydrogens (tertiary/aromatic N) is 1. The minimum atomic E-state index is -0.730. The smallest absolute Gasteiger partial charge is 0.319 e. The molecular formula is C24H29F2N3O3. The maximum absolute atomic E-state index is 13.4. The van der Waals surface area contributed by atoms with Crippen molar-refractivity contribution in [1.29, 1.82) is 0 Å². The highest BCUT2D eigenvalue weighted by Gasteiger charge is 2.50. The Kier molecular flexibility index (Phi) is 6.24. The Labute approximate surface area is 186 Å². The van der Waals surface area contributed by atoms with Crippen LogP contribution in [0, 0.1) is 17.6 Å². The summed E-state index contributed by atoms with van der Waals surface area (Å²) in [5.41, 5.74) is 1.30. The van der Waals surface area contributed by atoms with E-state index in [9.17, 15) is 13.6 Å². The van der Waals surface area contributed by atoms with Gasteiger partial charge in [0.15, 0.2) is 11.5 Å². The van der Waals surface area contributed by atoms with Crippen molar-refractivity contribution < 1.29 is 23.0 Å². The second-order valence-corrected chi connectivity index (χ2v) is 8.85. The van der Waals surface area contributed by atoms with E-state index in [0.717, 1.165) is 56.3 Å². The third-order valence-electron chi connectivity index (χ3n) is 6.79. The van der Waals surface area contributed by atoms with Crippen molar-refractivity contribution in [1.82, 2.24) is 10.2 Å². The fourth-order valence-electron chi connectivity index (χ4n) is 5.43. The Morgan fingerprint density at radius 2 is 1.81 bits per heavy atom. The molecule has 3 atom stereocenters. The first-order valence-corrected chi connectivity index (χ1v) is 10.8. The summed E-state index contributed by atoms with van der Waals surface area (Å²) in [5, 5.41) is 5.52. The molecule has 0 aromatic heterocycles. The molecule has 2 aromatic rings. The van der Waals surface area contributed by atoms with Crippen molar-refractivity contribution in [3.8, 4) is 11.5 Å². The number of urea groups is 1. The van der Waals surface area contributed by atoms with Crippen molar-refractivity contribution in [3.05, 3.63) is 53.6 Å². The van der Waals surface area contributed by atoms with Gasteiger partial charge in [-0.3, -0.25) is 0 Å². The lowest BCUT2D eigenvalue weighted by molar-refractivity contribution is 0.197. The number of carbonyl (C=O) groups excluding carboxylic acids is 1. The lowest BCUT2D eigenvalue weighted by Crippen LogP contribution is -2.48. The van der Waals surface area contributed by atoms with Crippen LogP contribution in [0.3, 0.4) is 0 Å². The van der Waals surface area contributed by atoms with Gasteiger partial charge >= 0.3 is 6.03 Å². The van der Waals surface area contributed by atoms with Crippen LogP contribution in [-0.2, 0) is 5.41 Å². The topological polar surface area (TPSA) is 62.8 Å². The summed E-state index contributed by atoms with van der Waals surface area (Å²) in [5.74, 6) is 0.320. The molecule has 2 N–H and O–H groups in total. The quantitative estimate of drug-likeness (QED) is 0.726. The molecule has 6 nitrogen and oxygen atoms in total. The summed E-state index contributed by atoms with van der Waals surface area (Å²) in [6, 6.07) is 8.64. The summed E-state index contributed by atoms with van der Waals surface area (Å²) in [6.45, 7) is 1.87. The van der Waals surface area contributed by atoms with E-state index >= 15 is 0 Å². The van der Waals surface area contributed by atoms with Gasteiger partial charge in [-0.25, -0.2) is 13.6 Å². The monoisotopic (exact) mass is 445 g/mol. The van der Waals surface area contributed by atoms with Gasteiger partial charge in [0.25, 0.3) is 0 Å².